The van der Waals surface area contributed by atoms with E-state index in [1.165, 1.54) is 51.2 Å². The van der Waals surface area contributed by atoms with E-state index in [4.69, 9.17) is 4.74 Å². The molecule has 0 radical (unpaired) electrons. The molecule has 6 saturated carbocycles. The maximum atomic E-state index is 11.3. The van der Waals surface area contributed by atoms with Gasteiger partial charge in [-0.2, -0.15) is 0 Å². The van der Waals surface area contributed by atoms with Gasteiger partial charge in [0.2, 0.25) is 0 Å². The Bertz CT molecular complexity index is 702. The normalized spacial score (nSPS) is 45.5. The van der Waals surface area contributed by atoms with E-state index in [1.807, 2.05) is 0 Å². The number of esters is 1. The molecule has 6 fully saturated rings. The summed E-state index contributed by atoms with van der Waals surface area (Å²) < 4.78 is 4.72. The fourth-order valence-corrected chi connectivity index (χ4v) is 8.57. The van der Waals surface area contributed by atoms with Gasteiger partial charge in [0.25, 0.3) is 0 Å². The summed E-state index contributed by atoms with van der Waals surface area (Å²) in [6, 6.07) is 0. The third-order valence-corrected chi connectivity index (χ3v) is 9.59. The Morgan fingerprint density at radius 1 is 1.13 bits per heavy atom. The van der Waals surface area contributed by atoms with E-state index in [1.54, 1.807) is 0 Å². The van der Waals surface area contributed by atoms with Crippen LogP contribution in [-0.2, 0) is 9.53 Å². The lowest BCUT2D eigenvalue weighted by Crippen LogP contribution is -2.51. The lowest BCUT2D eigenvalue weighted by atomic mass is 9.48. The zero-order valence-corrected chi connectivity index (χ0v) is 19.0. The molecule has 4 bridgehead atoms. The molecule has 0 aromatic carbocycles. The molecule has 4 heteroatoms. The Kier molecular flexibility index (Phi) is 6.07. The standard InChI is InChI=1S/C27H40O4/c1-31-26(30)5-3-2-4-17-11-21-13-24(28)22(23(21)12-17)6-7-25(29)27-14-18-8-19(15-27)10-20(9-18)16-27/h4,6-7,18-25,28-29H,2-3,5,8-16H2,1H3/t18?,19?,20?,21-,22-,23-,24-,25?,27?/m1/s1. The van der Waals surface area contributed by atoms with Gasteiger partial charge >= 0.3 is 5.97 Å². The molecule has 5 atom stereocenters. The Hall–Kier alpha value is -1.13. The predicted octanol–water partition coefficient (Wildman–Crippen LogP) is 4.80. The van der Waals surface area contributed by atoms with Crippen LogP contribution in [0.4, 0.5) is 0 Å². The summed E-state index contributed by atoms with van der Waals surface area (Å²) in [6.45, 7) is 0. The molecule has 0 aromatic heterocycles. The van der Waals surface area contributed by atoms with Crippen LogP contribution in [-0.4, -0.2) is 35.5 Å². The molecular formula is C27H40O4. The maximum Gasteiger partial charge on any atom is 0.305 e. The summed E-state index contributed by atoms with van der Waals surface area (Å²) in [5.41, 5.74) is 1.61. The quantitative estimate of drug-likeness (QED) is 0.347. The average molecular weight is 429 g/mol. The van der Waals surface area contributed by atoms with Crippen molar-refractivity contribution in [3.63, 3.8) is 0 Å². The highest BCUT2D eigenvalue weighted by atomic mass is 16.5. The molecule has 6 rings (SSSR count). The molecule has 6 aliphatic rings. The molecule has 0 heterocycles. The van der Waals surface area contributed by atoms with E-state index >= 15 is 0 Å². The van der Waals surface area contributed by atoms with Crippen molar-refractivity contribution in [1.82, 2.24) is 0 Å². The molecule has 0 saturated heterocycles. The Balaban J connectivity index is 1.19. The zero-order chi connectivity index (χ0) is 21.6. The minimum atomic E-state index is -0.345. The van der Waals surface area contributed by atoms with Crippen molar-refractivity contribution in [2.45, 2.75) is 89.3 Å². The maximum absolute atomic E-state index is 11.3. The van der Waals surface area contributed by atoms with Crippen LogP contribution in [0.25, 0.3) is 0 Å². The molecule has 2 N–H and O–H groups in total. The molecule has 31 heavy (non-hydrogen) atoms. The van der Waals surface area contributed by atoms with Crippen LogP contribution in [0.2, 0.25) is 0 Å². The number of carbonyl (C=O) groups excluding carboxylic acids is 1. The molecule has 0 aromatic rings. The molecule has 6 aliphatic carbocycles. The topological polar surface area (TPSA) is 66.8 Å². The number of fused-ring (bicyclic) bond motifs is 1. The number of rotatable bonds is 7. The summed E-state index contributed by atoms with van der Waals surface area (Å²) in [4.78, 5) is 11.3. The van der Waals surface area contributed by atoms with Gasteiger partial charge in [0.15, 0.2) is 0 Å². The lowest BCUT2D eigenvalue weighted by Gasteiger charge is -2.58. The number of hydrogen-bond acceptors (Lipinski definition) is 4. The van der Waals surface area contributed by atoms with Crippen molar-refractivity contribution in [3.8, 4) is 0 Å². The van der Waals surface area contributed by atoms with Gasteiger partial charge in [-0.1, -0.05) is 23.8 Å². The second-order valence-corrected chi connectivity index (χ2v) is 11.7. The number of ether oxygens (including phenoxy) is 1. The Morgan fingerprint density at radius 2 is 1.81 bits per heavy atom. The smallest absolute Gasteiger partial charge is 0.305 e. The summed E-state index contributed by atoms with van der Waals surface area (Å²) >= 11 is 0. The van der Waals surface area contributed by atoms with Crippen LogP contribution in [0.1, 0.15) is 77.0 Å². The van der Waals surface area contributed by atoms with Crippen LogP contribution in [0.5, 0.6) is 0 Å². The first kappa shape index (κ1) is 21.7. The van der Waals surface area contributed by atoms with Gasteiger partial charge in [0, 0.05) is 17.8 Å². The summed E-state index contributed by atoms with van der Waals surface area (Å²) in [7, 11) is 1.44. The van der Waals surface area contributed by atoms with Crippen molar-refractivity contribution in [3.05, 3.63) is 23.8 Å². The third-order valence-electron chi connectivity index (χ3n) is 9.59. The zero-order valence-electron chi connectivity index (χ0n) is 19.0. The van der Waals surface area contributed by atoms with Crippen LogP contribution >= 0.6 is 0 Å². The first-order valence-electron chi connectivity index (χ1n) is 12.7. The van der Waals surface area contributed by atoms with Gasteiger partial charge in [0.05, 0.1) is 19.3 Å². The Morgan fingerprint density at radius 3 is 2.45 bits per heavy atom. The van der Waals surface area contributed by atoms with Crippen LogP contribution in [0.15, 0.2) is 23.8 Å². The molecule has 172 valence electrons. The number of hydrogen-bond donors (Lipinski definition) is 2. The molecule has 0 amide bonds. The van der Waals surface area contributed by atoms with Gasteiger partial charge in [-0.25, -0.2) is 0 Å². The van der Waals surface area contributed by atoms with Gasteiger partial charge in [-0.05, 0) is 100 Å². The monoisotopic (exact) mass is 428 g/mol. The summed E-state index contributed by atoms with van der Waals surface area (Å²) in [5, 5.41) is 22.0. The molecular weight excluding hydrogens is 388 g/mol. The second kappa shape index (κ2) is 8.67. The van der Waals surface area contributed by atoms with Gasteiger partial charge < -0.3 is 14.9 Å². The minimum Gasteiger partial charge on any atom is -0.469 e. The second-order valence-electron chi connectivity index (χ2n) is 11.7. The van der Waals surface area contributed by atoms with Gasteiger partial charge in [0.1, 0.15) is 0 Å². The van der Waals surface area contributed by atoms with E-state index in [0.29, 0.717) is 18.3 Å². The van der Waals surface area contributed by atoms with E-state index < -0.39 is 0 Å². The first-order valence-corrected chi connectivity index (χ1v) is 12.7. The number of carbonyl (C=O) groups is 1. The average Bonchev–Trinajstić information content (AvgIpc) is 3.24. The molecule has 0 spiro atoms. The number of methoxy groups -OCH3 is 1. The van der Waals surface area contributed by atoms with E-state index in [-0.39, 0.29) is 29.5 Å². The van der Waals surface area contributed by atoms with Crippen molar-refractivity contribution >= 4 is 5.97 Å². The number of aliphatic hydroxyl groups is 2. The van der Waals surface area contributed by atoms with Gasteiger partial charge in [-0.15, -0.1) is 0 Å². The lowest BCUT2D eigenvalue weighted by molar-refractivity contribution is -0.140. The highest BCUT2D eigenvalue weighted by Crippen LogP contribution is 2.61. The molecule has 0 aliphatic heterocycles. The summed E-state index contributed by atoms with van der Waals surface area (Å²) in [6.07, 6.45) is 19.1. The fraction of sp³-hybridized carbons (Fsp3) is 0.815. The SMILES string of the molecule is COC(=O)CCCC=C1C[C@@H]2C[C@@H](O)[C@H](C=CC(O)C34CC5CC(CC(C5)C3)C4)[C@@H]2C1. The largest absolute Gasteiger partial charge is 0.469 e. The third kappa shape index (κ3) is 4.27. The van der Waals surface area contributed by atoms with E-state index in [0.717, 1.165) is 49.9 Å². The fourth-order valence-electron chi connectivity index (χ4n) is 8.57. The predicted molar refractivity (Wildman–Crippen MR) is 120 cm³/mol. The van der Waals surface area contributed by atoms with E-state index in [9.17, 15) is 15.0 Å². The number of allylic oxidation sites excluding steroid dienone is 2. The molecule has 4 nitrogen and oxygen atoms in total. The Labute approximate surface area is 187 Å². The van der Waals surface area contributed by atoms with Crippen molar-refractivity contribution < 1.29 is 19.7 Å². The van der Waals surface area contributed by atoms with Crippen LogP contribution in [0.3, 0.4) is 0 Å². The van der Waals surface area contributed by atoms with Crippen molar-refractivity contribution in [1.29, 1.82) is 0 Å². The number of aliphatic hydroxyl groups excluding tert-OH is 2. The molecule has 1 unspecified atom stereocenters. The van der Waals surface area contributed by atoms with Crippen molar-refractivity contribution in [2.24, 2.45) is 40.9 Å². The van der Waals surface area contributed by atoms with E-state index in [2.05, 4.69) is 18.2 Å². The van der Waals surface area contributed by atoms with Gasteiger partial charge in [-0.3, -0.25) is 4.79 Å². The number of unbranched alkanes of at least 4 members (excludes halogenated alkanes) is 1. The highest BCUT2D eigenvalue weighted by Gasteiger charge is 2.53. The highest BCUT2D eigenvalue weighted by molar-refractivity contribution is 5.69. The van der Waals surface area contributed by atoms with Crippen LogP contribution < -0.4 is 0 Å². The van der Waals surface area contributed by atoms with Crippen molar-refractivity contribution in [2.75, 3.05) is 7.11 Å². The first-order chi connectivity index (χ1) is 15.0. The van der Waals surface area contributed by atoms with Crippen LogP contribution in [0, 0.1) is 40.9 Å². The summed E-state index contributed by atoms with van der Waals surface area (Å²) in [5.74, 6) is 3.64. The minimum absolute atomic E-state index is 0.120.